The summed E-state index contributed by atoms with van der Waals surface area (Å²) in [6.07, 6.45) is 5.64. The van der Waals surface area contributed by atoms with Crippen molar-refractivity contribution in [3.05, 3.63) is 73.1 Å². The van der Waals surface area contributed by atoms with E-state index in [4.69, 9.17) is 14.5 Å². The van der Waals surface area contributed by atoms with Crippen molar-refractivity contribution in [2.24, 2.45) is 5.41 Å². The number of aromatic nitrogens is 5. The molecule has 0 atom stereocenters. The van der Waals surface area contributed by atoms with E-state index in [1.165, 1.54) is 0 Å². The van der Waals surface area contributed by atoms with Crippen LogP contribution in [0.3, 0.4) is 0 Å². The van der Waals surface area contributed by atoms with E-state index >= 15 is 0 Å². The maximum Gasteiger partial charge on any atom is 0.139 e. The molecule has 1 fully saturated rings. The van der Waals surface area contributed by atoms with E-state index in [0.717, 1.165) is 58.1 Å². The molecule has 0 aliphatic carbocycles. The van der Waals surface area contributed by atoms with Gasteiger partial charge in [-0.15, -0.1) is 0 Å². The molecule has 0 bridgehead atoms. The van der Waals surface area contributed by atoms with Crippen LogP contribution in [0.1, 0.15) is 12.6 Å². The van der Waals surface area contributed by atoms with Crippen molar-refractivity contribution in [3.63, 3.8) is 0 Å². The molecule has 0 amide bonds. The molecule has 32 heavy (non-hydrogen) atoms. The lowest BCUT2D eigenvalue weighted by molar-refractivity contribution is -0.120. The first-order chi connectivity index (χ1) is 15.6. The molecule has 0 radical (unpaired) electrons. The van der Waals surface area contributed by atoms with Gasteiger partial charge in [-0.25, -0.2) is 15.0 Å². The summed E-state index contributed by atoms with van der Waals surface area (Å²) in [5.74, 6) is 1.64. The Morgan fingerprint density at radius 3 is 2.75 bits per heavy atom. The summed E-state index contributed by atoms with van der Waals surface area (Å²) in [4.78, 5) is 14.0. The highest BCUT2D eigenvalue weighted by molar-refractivity contribution is 5.88. The number of ether oxygens (including phenoxy) is 2. The number of imidazole rings is 2. The lowest BCUT2D eigenvalue weighted by atomic mass is 9.90. The van der Waals surface area contributed by atoms with Crippen molar-refractivity contribution in [1.82, 2.24) is 24.1 Å². The number of rotatable bonds is 5. The van der Waals surface area contributed by atoms with E-state index in [9.17, 15) is 0 Å². The standard InChI is InChI=1S/C25H23N5O2/c1-17-11-29(15-26-17)22-5-3-4-18-6-9-23(28-24(18)22)30-16-27-20-10-19(7-8-21(20)30)32-14-25(2)12-31-13-25/h3-11,15-16H,12-14H2,1-2H3. The van der Waals surface area contributed by atoms with Gasteiger partial charge < -0.3 is 14.0 Å². The summed E-state index contributed by atoms with van der Waals surface area (Å²) >= 11 is 0. The molecule has 1 aliphatic heterocycles. The van der Waals surface area contributed by atoms with Crippen molar-refractivity contribution in [3.8, 4) is 17.3 Å². The fraction of sp³-hybridized carbons (Fsp3) is 0.240. The van der Waals surface area contributed by atoms with Gasteiger partial charge in [0.15, 0.2) is 0 Å². The second-order valence-corrected chi connectivity index (χ2v) is 8.80. The van der Waals surface area contributed by atoms with Crippen LogP contribution in [0, 0.1) is 12.3 Å². The number of fused-ring (bicyclic) bond motifs is 2. The van der Waals surface area contributed by atoms with Crippen molar-refractivity contribution in [2.45, 2.75) is 13.8 Å². The third kappa shape index (κ3) is 3.22. The topological polar surface area (TPSA) is 67.0 Å². The Labute approximate surface area is 185 Å². The molecule has 7 heteroatoms. The molecule has 1 saturated heterocycles. The Hall–Kier alpha value is -3.71. The monoisotopic (exact) mass is 425 g/mol. The van der Waals surface area contributed by atoms with E-state index < -0.39 is 0 Å². The third-order valence-electron chi connectivity index (χ3n) is 5.93. The molecule has 5 aromatic rings. The van der Waals surface area contributed by atoms with Gasteiger partial charge in [-0.2, -0.15) is 0 Å². The molecule has 2 aromatic carbocycles. The fourth-order valence-electron chi connectivity index (χ4n) is 4.07. The van der Waals surface area contributed by atoms with Crippen LogP contribution in [0.15, 0.2) is 67.4 Å². The number of para-hydroxylation sites is 1. The molecule has 0 saturated carbocycles. The molecule has 0 spiro atoms. The highest BCUT2D eigenvalue weighted by Crippen LogP contribution is 2.29. The molecule has 7 nitrogen and oxygen atoms in total. The number of benzene rings is 2. The second-order valence-electron chi connectivity index (χ2n) is 8.80. The molecule has 4 heterocycles. The summed E-state index contributed by atoms with van der Waals surface area (Å²) in [7, 11) is 0. The average molecular weight is 425 g/mol. The molecule has 3 aromatic heterocycles. The van der Waals surface area contributed by atoms with Gasteiger partial charge >= 0.3 is 0 Å². The van der Waals surface area contributed by atoms with Gasteiger partial charge in [-0.3, -0.25) is 4.57 Å². The maximum absolute atomic E-state index is 6.01. The summed E-state index contributed by atoms with van der Waals surface area (Å²) < 4.78 is 15.3. The van der Waals surface area contributed by atoms with Crippen LogP contribution in [-0.2, 0) is 4.74 Å². The predicted octanol–water partition coefficient (Wildman–Crippen LogP) is 4.48. The van der Waals surface area contributed by atoms with E-state index in [0.29, 0.717) is 6.61 Å². The Morgan fingerprint density at radius 1 is 1.06 bits per heavy atom. The summed E-state index contributed by atoms with van der Waals surface area (Å²) in [5, 5.41) is 1.08. The van der Waals surface area contributed by atoms with Crippen LogP contribution >= 0.6 is 0 Å². The molecule has 6 rings (SSSR count). The Bertz CT molecular complexity index is 1450. The highest BCUT2D eigenvalue weighted by atomic mass is 16.5. The molecule has 160 valence electrons. The molecule has 1 aliphatic rings. The first kappa shape index (κ1) is 19.0. The van der Waals surface area contributed by atoms with E-state index in [2.05, 4.69) is 35.1 Å². The smallest absolute Gasteiger partial charge is 0.139 e. The predicted molar refractivity (Wildman–Crippen MR) is 123 cm³/mol. The van der Waals surface area contributed by atoms with E-state index in [-0.39, 0.29) is 5.41 Å². The number of nitrogens with zero attached hydrogens (tertiary/aromatic N) is 5. The summed E-state index contributed by atoms with van der Waals surface area (Å²) in [6.45, 7) is 6.29. The largest absolute Gasteiger partial charge is 0.493 e. The Balaban J connectivity index is 1.37. The molecular formula is C25H23N5O2. The van der Waals surface area contributed by atoms with Crippen LogP contribution in [0.2, 0.25) is 0 Å². The molecule has 0 unspecified atom stereocenters. The first-order valence-corrected chi connectivity index (χ1v) is 10.7. The molecular weight excluding hydrogens is 402 g/mol. The lowest BCUT2D eigenvalue weighted by Gasteiger charge is -2.37. The summed E-state index contributed by atoms with van der Waals surface area (Å²) in [5.41, 5.74) is 4.85. The first-order valence-electron chi connectivity index (χ1n) is 10.7. The van der Waals surface area contributed by atoms with Crippen LogP contribution in [0.5, 0.6) is 5.75 Å². The SMILES string of the molecule is Cc1cn(-c2cccc3ccc(-n4cnc5cc(OCC6(C)COC6)ccc54)nc23)cn1. The summed E-state index contributed by atoms with van der Waals surface area (Å²) in [6, 6.07) is 16.3. The van der Waals surface area contributed by atoms with Gasteiger partial charge in [0, 0.05) is 23.1 Å². The molecule has 0 N–H and O–H groups in total. The van der Waals surface area contributed by atoms with Gasteiger partial charge in [0.25, 0.3) is 0 Å². The third-order valence-corrected chi connectivity index (χ3v) is 5.93. The zero-order chi connectivity index (χ0) is 21.7. The quantitative estimate of drug-likeness (QED) is 0.415. The Kier molecular flexibility index (Phi) is 4.26. The van der Waals surface area contributed by atoms with Gasteiger partial charge in [-0.1, -0.05) is 19.1 Å². The minimum absolute atomic E-state index is 0.106. The van der Waals surface area contributed by atoms with Crippen LogP contribution in [0.4, 0.5) is 0 Å². The van der Waals surface area contributed by atoms with Crippen molar-refractivity contribution < 1.29 is 9.47 Å². The van der Waals surface area contributed by atoms with Crippen LogP contribution in [0.25, 0.3) is 33.4 Å². The van der Waals surface area contributed by atoms with Crippen LogP contribution in [-0.4, -0.2) is 43.9 Å². The zero-order valence-corrected chi connectivity index (χ0v) is 18.0. The number of aryl methyl sites for hydroxylation is 1. The van der Waals surface area contributed by atoms with Gasteiger partial charge in [0.2, 0.25) is 0 Å². The van der Waals surface area contributed by atoms with E-state index in [1.807, 2.05) is 65.2 Å². The average Bonchev–Trinajstić information content (AvgIpc) is 3.41. The number of hydrogen-bond donors (Lipinski definition) is 0. The normalized spacial score (nSPS) is 15.2. The minimum Gasteiger partial charge on any atom is -0.493 e. The maximum atomic E-state index is 6.01. The van der Waals surface area contributed by atoms with Gasteiger partial charge in [0.1, 0.15) is 17.9 Å². The minimum atomic E-state index is 0.106. The van der Waals surface area contributed by atoms with Gasteiger partial charge in [0.05, 0.1) is 54.1 Å². The van der Waals surface area contributed by atoms with Crippen molar-refractivity contribution >= 4 is 21.9 Å². The van der Waals surface area contributed by atoms with E-state index in [1.54, 1.807) is 0 Å². The van der Waals surface area contributed by atoms with Crippen molar-refractivity contribution in [2.75, 3.05) is 19.8 Å². The second kappa shape index (κ2) is 7.17. The number of pyridine rings is 1. The fourth-order valence-corrected chi connectivity index (χ4v) is 4.07. The van der Waals surface area contributed by atoms with Gasteiger partial charge in [-0.05, 0) is 37.3 Å². The lowest BCUT2D eigenvalue weighted by Crippen LogP contribution is -2.44. The highest BCUT2D eigenvalue weighted by Gasteiger charge is 2.34. The Morgan fingerprint density at radius 2 is 1.97 bits per heavy atom. The van der Waals surface area contributed by atoms with Crippen molar-refractivity contribution in [1.29, 1.82) is 0 Å². The zero-order valence-electron chi connectivity index (χ0n) is 18.0. The van der Waals surface area contributed by atoms with Crippen LogP contribution < -0.4 is 4.74 Å². The number of hydrogen-bond acceptors (Lipinski definition) is 5.